The van der Waals surface area contributed by atoms with Gasteiger partial charge in [0.25, 0.3) is 5.91 Å². The highest BCUT2D eigenvalue weighted by molar-refractivity contribution is 6.10. The van der Waals surface area contributed by atoms with E-state index in [0.717, 1.165) is 16.3 Å². The van der Waals surface area contributed by atoms with Crippen LogP contribution in [0.15, 0.2) is 48.8 Å². The van der Waals surface area contributed by atoms with Gasteiger partial charge in [0.15, 0.2) is 6.61 Å². The second-order valence-corrected chi connectivity index (χ2v) is 5.35. The molecular formula is C18H16N2O4. The van der Waals surface area contributed by atoms with Crippen molar-refractivity contribution in [3.8, 4) is 5.75 Å². The summed E-state index contributed by atoms with van der Waals surface area (Å²) >= 11 is 0. The quantitative estimate of drug-likeness (QED) is 0.672. The number of anilines is 1. The number of rotatable bonds is 5. The molecule has 3 aromatic rings. The number of carbonyl (C=O) groups excluding carboxylic acids is 1. The van der Waals surface area contributed by atoms with E-state index in [-0.39, 0.29) is 5.91 Å². The molecule has 3 N–H and O–H groups in total. The Morgan fingerprint density at radius 1 is 1.12 bits per heavy atom. The Balaban J connectivity index is 1.95. The lowest BCUT2D eigenvalue weighted by Gasteiger charge is -2.12. The number of hydrogen-bond acceptors (Lipinski definition) is 3. The van der Waals surface area contributed by atoms with Crippen molar-refractivity contribution in [1.82, 2.24) is 4.98 Å². The normalized spacial score (nSPS) is 10.5. The zero-order valence-electron chi connectivity index (χ0n) is 13.0. The number of carbonyl (C=O) groups is 2. The van der Waals surface area contributed by atoms with Gasteiger partial charge in [-0.1, -0.05) is 24.3 Å². The lowest BCUT2D eigenvalue weighted by atomic mass is 10.1. The van der Waals surface area contributed by atoms with Gasteiger partial charge in [0.1, 0.15) is 5.75 Å². The van der Waals surface area contributed by atoms with Crippen LogP contribution in [-0.4, -0.2) is 28.6 Å². The van der Waals surface area contributed by atoms with Gasteiger partial charge in [-0.05, 0) is 24.6 Å². The van der Waals surface area contributed by atoms with Gasteiger partial charge in [0.2, 0.25) is 0 Å². The first-order chi connectivity index (χ1) is 11.6. The third kappa shape index (κ3) is 3.08. The molecule has 0 spiro atoms. The Hall–Kier alpha value is -3.28. The Bertz CT molecular complexity index is 914. The average Bonchev–Trinajstić information content (AvgIpc) is 3.00. The van der Waals surface area contributed by atoms with Crippen LogP contribution in [0.3, 0.4) is 0 Å². The Morgan fingerprint density at radius 3 is 2.54 bits per heavy atom. The molecule has 1 amide bonds. The van der Waals surface area contributed by atoms with E-state index in [1.54, 1.807) is 24.5 Å². The van der Waals surface area contributed by atoms with E-state index in [1.165, 1.54) is 0 Å². The number of aryl methyl sites for hydroxylation is 1. The summed E-state index contributed by atoms with van der Waals surface area (Å²) in [6, 6.07) is 10.7. The summed E-state index contributed by atoms with van der Waals surface area (Å²) in [5.74, 6) is -0.790. The summed E-state index contributed by atoms with van der Waals surface area (Å²) < 4.78 is 5.31. The molecule has 0 saturated carbocycles. The summed E-state index contributed by atoms with van der Waals surface area (Å²) in [7, 11) is 0. The fourth-order valence-electron chi connectivity index (χ4n) is 2.52. The van der Waals surface area contributed by atoms with Crippen molar-refractivity contribution < 1.29 is 19.4 Å². The van der Waals surface area contributed by atoms with Crippen molar-refractivity contribution in [2.24, 2.45) is 0 Å². The predicted octanol–water partition coefficient (Wildman–Crippen LogP) is 3.19. The van der Waals surface area contributed by atoms with Crippen molar-refractivity contribution in [1.29, 1.82) is 0 Å². The molecule has 1 aromatic heterocycles. The molecule has 0 atom stereocenters. The highest BCUT2D eigenvalue weighted by Crippen LogP contribution is 2.32. The minimum Gasteiger partial charge on any atom is -0.481 e. The van der Waals surface area contributed by atoms with E-state index >= 15 is 0 Å². The number of ether oxygens (including phenoxy) is 1. The van der Waals surface area contributed by atoms with Crippen LogP contribution in [0, 0.1) is 6.92 Å². The molecule has 0 radical (unpaired) electrons. The second kappa shape index (κ2) is 6.45. The molecule has 0 aliphatic rings. The maximum Gasteiger partial charge on any atom is 0.341 e. The standard InChI is InChI=1S/C18H16N2O4/c1-11-8-19-9-14(11)18(23)20-15-6-7-16(24-10-17(21)22)13-5-3-2-4-12(13)15/h2-9,19H,10H2,1H3,(H,20,23)(H,21,22). The van der Waals surface area contributed by atoms with Gasteiger partial charge in [-0.15, -0.1) is 0 Å². The van der Waals surface area contributed by atoms with Crippen LogP contribution in [0.25, 0.3) is 10.8 Å². The van der Waals surface area contributed by atoms with Crippen molar-refractivity contribution in [2.45, 2.75) is 6.92 Å². The third-order valence-electron chi connectivity index (χ3n) is 3.68. The number of aromatic nitrogens is 1. The van der Waals surface area contributed by atoms with Crippen molar-refractivity contribution in [2.75, 3.05) is 11.9 Å². The van der Waals surface area contributed by atoms with Gasteiger partial charge in [0, 0.05) is 28.9 Å². The van der Waals surface area contributed by atoms with Gasteiger partial charge in [-0.2, -0.15) is 0 Å². The SMILES string of the molecule is Cc1c[nH]cc1C(=O)Nc1ccc(OCC(=O)O)c2ccccc12. The minimum absolute atomic E-state index is 0.210. The molecule has 2 aromatic carbocycles. The fraction of sp³-hybridized carbons (Fsp3) is 0.111. The van der Waals surface area contributed by atoms with E-state index < -0.39 is 12.6 Å². The van der Waals surface area contributed by atoms with Crippen LogP contribution in [0.1, 0.15) is 15.9 Å². The lowest BCUT2D eigenvalue weighted by molar-refractivity contribution is -0.139. The predicted molar refractivity (Wildman–Crippen MR) is 90.6 cm³/mol. The van der Waals surface area contributed by atoms with Crippen LogP contribution in [0.5, 0.6) is 5.75 Å². The molecular weight excluding hydrogens is 308 g/mol. The summed E-state index contributed by atoms with van der Waals surface area (Å²) in [6.07, 6.45) is 3.41. The molecule has 0 unspecified atom stereocenters. The summed E-state index contributed by atoms with van der Waals surface area (Å²) in [5.41, 5.74) is 2.07. The number of carboxylic acids is 1. The molecule has 6 heteroatoms. The highest BCUT2D eigenvalue weighted by Gasteiger charge is 2.13. The van der Waals surface area contributed by atoms with E-state index in [0.29, 0.717) is 17.0 Å². The van der Waals surface area contributed by atoms with Crippen LogP contribution < -0.4 is 10.1 Å². The van der Waals surface area contributed by atoms with Gasteiger partial charge in [-0.25, -0.2) is 4.79 Å². The first-order valence-electron chi connectivity index (χ1n) is 7.37. The van der Waals surface area contributed by atoms with Crippen LogP contribution in [0.4, 0.5) is 5.69 Å². The van der Waals surface area contributed by atoms with E-state index in [4.69, 9.17) is 9.84 Å². The fourth-order valence-corrected chi connectivity index (χ4v) is 2.52. The van der Waals surface area contributed by atoms with Crippen molar-refractivity contribution in [3.05, 3.63) is 59.9 Å². The Kier molecular flexibility index (Phi) is 4.20. The van der Waals surface area contributed by atoms with Gasteiger partial charge >= 0.3 is 5.97 Å². The number of carboxylic acid groups (broad SMARTS) is 1. The Morgan fingerprint density at radius 2 is 1.88 bits per heavy atom. The highest BCUT2D eigenvalue weighted by atomic mass is 16.5. The van der Waals surface area contributed by atoms with Crippen molar-refractivity contribution in [3.63, 3.8) is 0 Å². The molecule has 0 saturated heterocycles. The average molecular weight is 324 g/mol. The second-order valence-electron chi connectivity index (χ2n) is 5.35. The molecule has 0 aliphatic heterocycles. The number of aromatic amines is 1. The number of aliphatic carboxylic acids is 1. The molecule has 122 valence electrons. The number of hydrogen-bond donors (Lipinski definition) is 3. The smallest absolute Gasteiger partial charge is 0.341 e. The molecule has 0 aliphatic carbocycles. The first-order valence-corrected chi connectivity index (χ1v) is 7.37. The molecule has 1 heterocycles. The topological polar surface area (TPSA) is 91.4 Å². The first kappa shape index (κ1) is 15.6. The number of H-pyrrole nitrogens is 1. The van der Waals surface area contributed by atoms with Crippen molar-refractivity contribution >= 4 is 28.3 Å². The molecule has 0 bridgehead atoms. The molecule has 3 rings (SSSR count). The molecule has 0 fully saturated rings. The van der Waals surface area contributed by atoms with E-state index in [9.17, 15) is 9.59 Å². The zero-order valence-corrected chi connectivity index (χ0v) is 13.0. The van der Waals surface area contributed by atoms with Crippen LogP contribution in [-0.2, 0) is 4.79 Å². The third-order valence-corrected chi connectivity index (χ3v) is 3.68. The van der Waals surface area contributed by atoms with E-state index in [1.807, 2.05) is 31.2 Å². The molecule has 6 nitrogen and oxygen atoms in total. The number of nitrogens with one attached hydrogen (secondary N) is 2. The van der Waals surface area contributed by atoms with Gasteiger partial charge < -0.3 is 20.1 Å². The number of amides is 1. The van der Waals surface area contributed by atoms with Gasteiger partial charge in [-0.3, -0.25) is 4.79 Å². The minimum atomic E-state index is -1.04. The monoisotopic (exact) mass is 324 g/mol. The maximum atomic E-state index is 12.4. The summed E-state index contributed by atoms with van der Waals surface area (Å²) in [4.78, 5) is 26.0. The zero-order chi connectivity index (χ0) is 17.1. The van der Waals surface area contributed by atoms with Crippen LogP contribution in [0.2, 0.25) is 0 Å². The van der Waals surface area contributed by atoms with Crippen LogP contribution >= 0.6 is 0 Å². The largest absolute Gasteiger partial charge is 0.481 e. The maximum absolute atomic E-state index is 12.4. The summed E-state index contributed by atoms with van der Waals surface area (Å²) in [5, 5.41) is 13.2. The van der Waals surface area contributed by atoms with E-state index in [2.05, 4.69) is 10.3 Å². The number of fused-ring (bicyclic) bond motifs is 1. The molecule has 24 heavy (non-hydrogen) atoms. The Labute approximate surface area is 138 Å². The number of benzene rings is 2. The summed E-state index contributed by atoms with van der Waals surface area (Å²) in [6.45, 7) is 1.44. The van der Waals surface area contributed by atoms with Gasteiger partial charge in [0.05, 0.1) is 5.56 Å². The lowest BCUT2D eigenvalue weighted by Crippen LogP contribution is -2.13.